The van der Waals surface area contributed by atoms with E-state index in [2.05, 4.69) is 10.6 Å². The molecule has 0 saturated carbocycles. The van der Waals surface area contributed by atoms with Crippen molar-refractivity contribution in [3.05, 3.63) is 71.8 Å². The van der Waals surface area contributed by atoms with Crippen LogP contribution in [0, 0.1) is 0 Å². The van der Waals surface area contributed by atoms with Crippen LogP contribution in [0.25, 0.3) is 0 Å². The molecule has 1 heterocycles. The Morgan fingerprint density at radius 1 is 1.03 bits per heavy atom. The summed E-state index contributed by atoms with van der Waals surface area (Å²) in [5.41, 5.74) is 1.66. The van der Waals surface area contributed by atoms with Crippen molar-refractivity contribution in [2.24, 2.45) is 0 Å². The number of methoxy groups -OCH3 is 1. The van der Waals surface area contributed by atoms with Gasteiger partial charge in [-0.2, -0.15) is 0 Å². The molecule has 1 fully saturated rings. The van der Waals surface area contributed by atoms with E-state index in [1.165, 1.54) is 4.90 Å². The number of hydrogen-bond donors (Lipinski definition) is 4. The van der Waals surface area contributed by atoms with E-state index in [0.29, 0.717) is 38.8 Å². The van der Waals surface area contributed by atoms with Crippen LogP contribution in [0.5, 0.6) is 0 Å². The van der Waals surface area contributed by atoms with Crippen LogP contribution in [-0.4, -0.2) is 78.3 Å². The van der Waals surface area contributed by atoms with Crippen molar-refractivity contribution in [2.45, 2.75) is 56.7 Å². The zero-order chi connectivity index (χ0) is 27.3. The molecule has 0 radical (unpaired) electrons. The van der Waals surface area contributed by atoms with Crippen molar-refractivity contribution >= 4 is 25.0 Å². The molecule has 1 aliphatic rings. The molecule has 38 heavy (non-hydrogen) atoms. The highest BCUT2D eigenvalue weighted by atomic mass is 16.5. The molecule has 1 unspecified atom stereocenters. The normalized spacial score (nSPS) is 16.4. The summed E-state index contributed by atoms with van der Waals surface area (Å²) in [7, 11) is -0.198. The highest BCUT2D eigenvalue weighted by Crippen LogP contribution is 2.20. The summed E-state index contributed by atoms with van der Waals surface area (Å²) in [5, 5.41) is 24.8. The zero-order valence-electron chi connectivity index (χ0n) is 21.6. The molecule has 2 aromatic carbocycles. The number of hydrogen-bond acceptors (Lipinski definition) is 7. The first-order valence-corrected chi connectivity index (χ1v) is 12.9. The van der Waals surface area contributed by atoms with Gasteiger partial charge < -0.3 is 35.1 Å². The lowest BCUT2D eigenvalue weighted by Crippen LogP contribution is -2.56. The van der Waals surface area contributed by atoms with E-state index in [1.807, 2.05) is 60.7 Å². The Labute approximate surface area is 223 Å². The fraction of sp³-hybridized carbons (Fsp3) is 0.444. The average molecular weight is 525 g/mol. The van der Waals surface area contributed by atoms with Gasteiger partial charge in [0.2, 0.25) is 11.8 Å². The first-order valence-electron chi connectivity index (χ1n) is 12.9. The quantitative estimate of drug-likeness (QED) is 0.229. The molecule has 3 rings (SSSR count). The standard InChI is InChI=1S/C27H36BN3O7/c1-37-17-9-15-24(28(35)36)30-25(32)23-14-8-16-31(23)26(33)22(18-20-10-4-2-5-11-20)29-27(34)38-19-21-12-6-3-7-13-21/h2-7,10-13,22-24,35-36H,8-9,14-19H2,1H3,(H,29,34)(H,30,32)/t22-,23?,24-/m1/s1. The summed E-state index contributed by atoms with van der Waals surface area (Å²) < 4.78 is 10.3. The molecule has 2 aromatic rings. The first kappa shape index (κ1) is 29.2. The maximum absolute atomic E-state index is 13.7. The van der Waals surface area contributed by atoms with Gasteiger partial charge in [-0.1, -0.05) is 60.7 Å². The summed E-state index contributed by atoms with van der Waals surface area (Å²) >= 11 is 0. The number of benzene rings is 2. The Morgan fingerprint density at radius 3 is 2.32 bits per heavy atom. The molecule has 3 atom stereocenters. The molecule has 4 N–H and O–H groups in total. The smallest absolute Gasteiger partial charge is 0.445 e. The number of alkyl carbamates (subject to hydrolysis) is 1. The molecule has 11 heteroatoms. The van der Waals surface area contributed by atoms with Crippen LogP contribution in [0.3, 0.4) is 0 Å². The van der Waals surface area contributed by atoms with Gasteiger partial charge in [-0.25, -0.2) is 4.79 Å². The molecule has 1 saturated heterocycles. The third kappa shape index (κ3) is 8.86. The molecule has 10 nitrogen and oxygen atoms in total. The Morgan fingerprint density at radius 2 is 1.68 bits per heavy atom. The molecule has 0 aliphatic carbocycles. The largest absolute Gasteiger partial charge is 0.475 e. The number of amides is 3. The number of nitrogens with one attached hydrogen (secondary N) is 2. The van der Waals surface area contributed by atoms with Gasteiger partial charge in [0.1, 0.15) is 18.7 Å². The van der Waals surface area contributed by atoms with E-state index in [9.17, 15) is 24.4 Å². The van der Waals surface area contributed by atoms with E-state index < -0.39 is 43.1 Å². The summed E-state index contributed by atoms with van der Waals surface area (Å²) in [6, 6.07) is 16.8. The minimum atomic E-state index is -1.74. The number of rotatable bonds is 13. The average Bonchev–Trinajstić information content (AvgIpc) is 3.42. The molecule has 1 aliphatic heterocycles. The molecule has 3 amide bonds. The minimum absolute atomic E-state index is 0.0572. The third-order valence-electron chi connectivity index (χ3n) is 6.48. The molecular weight excluding hydrogens is 489 g/mol. The van der Waals surface area contributed by atoms with Crippen molar-refractivity contribution in [3.8, 4) is 0 Å². The summed E-state index contributed by atoms with van der Waals surface area (Å²) in [5.74, 6) is -1.75. The van der Waals surface area contributed by atoms with E-state index in [1.54, 1.807) is 7.11 Å². The molecule has 0 aromatic heterocycles. The topological polar surface area (TPSA) is 137 Å². The number of ether oxygens (including phenoxy) is 2. The van der Waals surface area contributed by atoms with Gasteiger partial charge in [-0.05, 0) is 36.8 Å². The van der Waals surface area contributed by atoms with Crippen LogP contribution in [-0.2, 0) is 32.1 Å². The summed E-state index contributed by atoms with van der Waals surface area (Å²) in [6.07, 6.45) is 1.37. The number of carbonyl (C=O) groups is 3. The molecular formula is C27H36BN3O7. The lowest BCUT2D eigenvalue weighted by atomic mass is 9.76. The van der Waals surface area contributed by atoms with Gasteiger partial charge in [0, 0.05) is 26.7 Å². The van der Waals surface area contributed by atoms with Crippen LogP contribution in [0.1, 0.15) is 36.8 Å². The lowest BCUT2D eigenvalue weighted by Gasteiger charge is -2.30. The first-order chi connectivity index (χ1) is 18.4. The van der Waals surface area contributed by atoms with E-state index in [0.717, 1.165) is 11.1 Å². The predicted molar refractivity (Wildman–Crippen MR) is 142 cm³/mol. The lowest BCUT2D eigenvalue weighted by molar-refractivity contribution is -0.140. The minimum Gasteiger partial charge on any atom is -0.445 e. The Bertz CT molecular complexity index is 1030. The molecule has 0 spiro atoms. The number of likely N-dealkylation sites (tertiary alicyclic amines) is 1. The van der Waals surface area contributed by atoms with E-state index >= 15 is 0 Å². The van der Waals surface area contributed by atoms with Gasteiger partial charge in [0.05, 0.1) is 5.94 Å². The van der Waals surface area contributed by atoms with Gasteiger partial charge in [0.25, 0.3) is 0 Å². The highest BCUT2D eigenvalue weighted by molar-refractivity contribution is 6.43. The van der Waals surface area contributed by atoms with Crippen LogP contribution in [0.15, 0.2) is 60.7 Å². The van der Waals surface area contributed by atoms with Gasteiger partial charge >= 0.3 is 13.2 Å². The Kier molecular flexibility index (Phi) is 11.6. The number of carbonyl (C=O) groups excluding carboxylic acids is 3. The van der Waals surface area contributed by atoms with Crippen LogP contribution >= 0.6 is 0 Å². The van der Waals surface area contributed by atoms with E-state index in [-0.39, 0.29) is 13.0 Å². The second kappa shape index (κ2) is 15.1. The predicted octanol–water partition coefficient (Wildman–Crippen LogP) is 1.44. The van der Waals surface area contributed by atoms with Gasteiger partial charge in [-0.3, -0.25) is 9.59 Å². The fourth-order valence-corrected chi connectivity index (χ4v) is 4.48. The van der Waals surface area contributed by atoms with Crippen molar-refractivity contribution in [1.82, 2.24) is 15.5 Å². The van der Waals surface area contributed by atoms with Crippen molar-refractivity contribution in [3.63, 3.8) is 0 Å². The SMILES string of the molecule is COCCC[C@@H](NC(=O)C1CCCN1C(=O)[C@@H](Cc1ccccc1)NC(=O)OCc1ccccc1)B(O)O. The molecule has 0 bridgehead atoms. The fourth-order valence-electron chi connectivity index (χ4n) is 4.48. The summed E-state index contributed by atoms with van der Waals surface area (Å²) in [6.45, 7) is 0.820. The van der Waals surface area contributed by atoms with Gasteiger partial charge in [0.15, 0.2) is 0 Å². The maximum Gasteiger partial charge on any atom is 0.475 e. The highest BCUT2D eigenvalue weighted by Gasteiger charge is 2.39. The Hall–Kier alpha value is -3.41. The zero-order valence-corrected chi connectivity index (χ0v) is 21.6. The second-order valence-electron chi connectivity index (χ2n) is 9.30. The monoisotopic (exact) mass is 525 g/mol. The second-order valence-corrected chi connectivity index (χ2v) is 9.30. The van der Waals surface area contributed by atoms with Gasteiger partial charge in [-0.15, -0.1) is 0 Å². The van der Waals surface area contributed by atoms with Crippen LogP contribution < -0.4 is 10.6 Å². The van der Waals surface area contributed by atoms with Crippen LogP contribution in [0.2, 0.25) is 0 Å². The van der Waals surface area contributed by atoms with Crippen molar-refractivity contribution in [1.29, 1.82) is 0 Å². The van der Waals surface area contributed by atoms with Crippen LogP contribution in [0.4, 0.5) is 4.79 Å². The maximum atomic E-state index is 13.7. The third-order valence-corrected chi connectivity index (χ3v) is 6.48. The summed E-state index contributed by atoms with van der Waals surface area (Å²) in [4.78, 5) is 40.9. The number of nitrogens with zero attached hydrogens (tertiary/aromatic N) is 1. The molecule has 204 valence electrons. The Balaban J connectivity index is 1.69. The van der Waals surface area contributed by atoms with Crippen molar-refractivity contribution in [2.75, 3.05) is 20.3 Å². The van der Waals surface area contributed by atoms with Crippen molar-refractivity contribution < 1.29 is 33.9 Å². The van der Waals surface area contributed by atoms with E-state index in [4.69, 9.17) is 9.47 Å².